The van der Waals surface area contributed by atoms with Gasteiger partial charge in [-0.2, -0.15) is 0 Å². The molecule has 1 aromatic carbocycles. The van der Waals surface area contributed by atoms with E-state index in [9.17, 15) is 9.59 Å². The van der Waals surface area contributed by atoms with Crippen molar-refractivity contribution in [2.24, 2.45) is 0 Å². The third-order valence-electron chi connectivity index (χ3n) is 4.18. The van der Waals surface area contributed by atoms with Crippen LogP contribution < -0.4 is 0 Å². The van der Waals surface area contributed by atoms with Crippen molar-refractivity contribution >= 4 is 35.0 Å². The van der Waals surface area contributed by atoms with E-state index >= 15 is 0 Å². The predicted octanol–water partition coefficient (Wildman–Crippen LogP) is 3.86. The highest BCUT2D eigenvalue weighted by Crippen LogP contribution is 2.27. The summed E-state index contributed by atoms with van der Waals surface area (Å²) in [5.74, 6) is -0.223. The molecule has 23 heavy (non-hydrogen) atoms. The number of carbonyl (C=O) groups excluding carboxylic acids is 2. The van der Waals surface area contributed by atoms with Crippen LogP contribution in [0.5, 0.6) is 0 Å². The third-order valence-corrected chi connectivity index (χ3v) is 4.75. The minimum absolute atomic E-state index is 0.00227. The van der Waals surface area contributed by atoms with Crippen LogP contribution in [0.2, 0.25) is 10.0 Å². The van der Waals surface area contributed by atoms with Gasteiger partial charge in [0.2, 0.25) is 5.91 Å². The highest BCUT2D eigenvalue weighted by atomic mass is 35.5. The Balaban J connectivity index is 2.16. The topological polar surface area (TPSA) is 40.6 Å². The van der Waals surface area contributed by atoms with Crippen molar-refractivity contribution in [2.45, 2.75) is 38.6 Å². The largest absolute Gasteiger partial charge is 0.344 e. The molecule has 0 saturated carbocycles. The Morgan fingerprint density at radius 3 is 2.78 bits per heavy atom. The Hall–Kier alpha value is -1.26. The van der Waals surface area contributed by atoms with Gasteiger partial charge in [-0.3, -0.25) is 9.59 Å². The molecule has 0 aromatic heterocycles. The molecule has 1 fully saturated rings. The van der Waals surface area contributed by atoms with Gasteiger partial charge in [0.25, 0.3) is 5.91 Å². The SMILES string of the molecule is CCCCN(C)C(=O)C1CCCN1C(=O)c1cc(Cl)ccc1Cl. The average molecular weight is 357 g/mol. The van der Waals surface area contributed by atoms with Crippen LogP contribution in [0, 0.1) is 0 Å². The lowest BCUT2D eigenvalue weighted by molar-refractivity contribution is -0.134. The molecule has 0 radical (unpaired) electrons. The van der Waals surface area contributed by atoms with E-state index in [1.54, 1.807) is 35.0 Å². The fraction of sp³-hybridized carbons (Fsp3) is 0.529. The molecule has 2 rings (SSSR count). The second kappa shape index (κ2) is 8.02. The normalized spacial score (nSPS) is 17.4. The molecule has 0 N–H and O–H groups in total. The van der Waals surface area contributed by atoms with Gasteiger partial charge < -0.3 is 9.80 Å². The molecular formula is C17H22Cl2N2O2. The van der Waals surface area contributed by atoms with Crippen LogP contribution in [0.4, 0.5) is 0 Å². The molecule has 0 spiro atoms. The van der Waals surface area contributed by atoms with E-state index in [-0.39, 0.29) is 11.8 Å². The smallest absolute Gasteiger partial charge is 0.256 e. The zero-order chi connectivity index (χ0) is 17.0. The van der Waals surface area contributed by atoms with E-state index in [1.165, 1.54) is 0 Å². The second-order valence-electron chi connectivity index (χ2n) is 5.89. The van der Waals surface area contributed by atoms with Gasteiger partial charge in [0.05, 0.1) is 10.6 Å². The first-order valence-corrected chi connectivity index (χ1v) is 8.72. The Bertz CT molecular complexity index is 592. The highest BCUT2D eigenvalue weighted by molar-refractivity contribution is 6.35. The minimum Gasteiger partial charge on any atom is -0.344 e. The van der Waals surface area contributed by atoms with Gasteiger partial charge in [-0.1, -0.05) is 36.5 Å². The molecule has 126 valence electrons. The summed E-state index contributed by atoms with van der Waals surface area (Å²) in [7, 11) is 1.80. The number of likely N-dealkylation sites (tertiary alicyclic amines) is 1. The maximum absolute atomic E-state index is 12.8. The molecule has 4 nitrogen and oxygen atoms in total. The number of carbonyl (C=O) groups is 2. The van der Waals surface area contributed by atoms with E-state index in [2.05, 4.69) is 6.92 Å². The van der Waals surface area contributed by atoms with Crippen molar-refractivity contribution in [3.63, 3.8) is 0 Å². The van der Waals surface area contributed by atoms with Gasteiger partial charge in [-0.25, -0.2) is 0 Å². The molecule has 2 amide bonds. The first-order valence-electron chi connectivity index (χ1n) is 7.96. The lowest BCUT2D eigenvalue weighted by atomic mass is 10.1. The van der Waals surface area contributed by atoms with Gasteiger partial charge in [0.1, 0.15) is 6.04 Å². The first-order chi connectivity index (χ1) is 11.0. The maximum Gasteiger partial charge on any atom is 0.256 e. The Kier molecular flexibility index (Phi) is 6.31. The van der Waals surface area contributed by atoms with E-state index < -0.39 is 6.04 Å². The number of amides is 2. The lowest BCUT2D eigenvalue weighted by Crippen LogP contribution is -2.46. The fourth-order valence-corrected chi connectivity index (χ4v) is 3.21. The third kappa shape index (κ3) is 4.18. The molecule has 1 aliphatic rings. The summed E-state index contributed by atoms with van der Waals surface area (Å²) in [6, 6.07) is 4.41. The number of nitrogens with zero attached hydrogens (tertiary/aromatic N) is 2. The summed E-state index contributed by atoms with van der Waals surface area (Å²) in [6.07, 6.45) is 3.51. The van der Waals surface area contributed by atoms with Gasteiger partial charge in [0, 0.05) is 25.2 Å². The lowest BCUT2D eigenvalue weighted by Gasteiger charge is -2.28. The number of halogens is 2. The average Bonchev–Trinajstić information content (AvgIpc) is 3.02. The van der Waals surface area contributed by atoms with E-state index in [0.29, 0.717) is 35.1 Å². The van der Waals surface area contributed by atoms with Crippen LogP contribution in [0.3, 0.4) is 0 Å². The molecule has 1 aliphatic heterocycles. The Morgan fingerprint density at radius 1 is 1.35 bits per heavy atom. The molecular weight excluding hydrogens is 335 g/mol. The molecule has 1 heterocycles. The Morgan fingerprint density at radius 2 is 2.09 bits per heavy atom. The first kappa shape index (κ1) is 18.1. The summed E-state index contributed by atoms with van der Waals surface area (Å²) in [5, 5.41) is 0.816. The van der Waals surface area contributed by atoms with E-state index in [4.69, 9.17) is 23.2 Å². The van der Waals surface area contributed by atoms with Crippen molar-refractivity contribution in [3.8, 4) is 0 Å². The summed E-state index contributed by atoms with van der Waals surface area (Å²) in [6.45, 7) is 3.37. The molecule has 0 aliphatic carbocycles. The molecule has 6 heteroatoms. The van der Waals surface area contributed by atoms with Crippen molar-refractivity contribution in [3.05, 3.63) is 33.8 Å². The molecule has 1 saturated heterocycles. The van der Waals surface area contributed by atoms with Crippen molar-refractivity contribution in [2.75, 3.05) is 20.1 Å². The summed E-state index contributed by atoms with van der Waals surface area (Å²) in [5.41, 5.74) is 0.357. The predicted molar refractivity (Wildman–Crippen MR) is 93.1 cm³/mol. The van der Waals surface area contributed by atoms with Crippen molar-refractivity contribution in [1.29, 1.82) is 0 Å². The van der Waals surface area contributed by atoms with E-state index in [1.807, 2.05) is 0 Å². The quantitative estimate of drug-likeness (QED) is 0.803. The van der Waals surface area contributed by atoms with Gasteiger partial charge >= 0.3 is 0 Å². The molecule has 1 aromatic rings. The van der Waals surface area contributed by atoms with Crippen molar-refractivity contribution in [1.82, 2.24) is 9.80 Å². The van der Waals surface area contributed by atoms with Gasteiger partial charge in [-0.15, -0.1) is 0 Å². The number of benzene rings is 1. The second-order valence-corrected chi connectivity index (χ2v) is 6.74. The Labute approximate surface area is 147 Å². The molecule has 1 atom stereocenters. The van der Waals surface area contributed by atoms with Crippen LogP contribution in [0.25, 0.3) is 0 Å². The number of hydrogen-bond donors (Lipinski definition) is 0. The summed E-state index contributed by atoms with van der Waals surface area (Å²) < 4.78 is 0. The number of hydrogen-bond acceptors (Lipinski definition) is 2. The van der Waals surface area contributed by atoms with Gasteiger partial charge in [-0.05, 0) is 37.5 Å². The zero-order valence-corrected chi connectivity index (χ0v) is 15.0. The van der Waals surface area contributed by atoms with Crippen LogP contribution in [0.1, 0.15) is 43.0 Å². The van der Waals surface area contributed by atoms with Crippen LogP contribution in [-0.2, 0) is 4.79 Å². The minimum atomic E-state index is -0.403. The highest BCUT2D eigenvalue weighted by Gasteiger charge is 2.36. The summed E-state index contributed by atoms with van der Waals surface area (Å²) in [4.78, 5) is 28.8. The molecule has 0 bridgehead atoms. The van der Waals surface area contributed by atoms with Crippen LogP contribution in [-0.4, -0.2) is 47.8 Å². The summed E-state index contributed by atoms with van der Waals surface area (Å²) >= 11 is 12.1. The van der Waals surface area contributed by atoms with Crippen molar-refractivity contribution < 1.29 is 9.59 Å². The number of rotatable bonds is 5. The monoisotopic (exact) mass is 356 g/mol. The standard InChI is InChI=1S/C17H22Cl2N2O2/c1-3-4-9-20(2)17(23)15-6-5-10-21(15)16(22)13-11-12(18)7-8-14(13)19/h7-8,11,15H,3-6,9-10H2,1-2H3. The van der Waals surface area contributed by atoms with Gasteiger partial charge in [0.15, 0.2) is 0 Å². The number of likely N-dealkylation sites (N-methyl/N-ethyl adjacent to an activating group) is 1. The van der Waals surface area contributed by atoms with Crippen LogP contribution in [0.15, 0.2) is 18.2 Å². The van der Waals surface area contributed by atoms with E-state index in [0.717, 1.165) is 19.3 Å². The molecule has 1 unspecified atom stereocenters. The zero-order valence-electron chi connectivity index (χ0n) is 13.5. The fourth-order valence-electron chi connectivity index (χ4n) is 2.84. The van der Waals surface area contributed by atoms with Crippen LogP contribution >= 0.6 is 23.2 Å². The number of unbranched alkanes of at least 4 members (excludes halogenated alkanes) is 1. The maximum atomic E-state index is 12.8.